The van der Waals surface area contributed by atoms with E-state index >= 15 is 0 Å². The molecule has 0 amide bonds. The van der Waals surface area contributed by atoms with Crippen LogP contribution in [-0.2, 0) is 19.6 Å². The fraction of sp³-hybridized carbons (Fsp3) is 0.727. The van der Waals surface area contributed by atoms with Crippen LogP contribution in [-0.4, -0.2) is 56.8 Å². The molecule has 0 saturated carbocycles. The molecule has 106 valence electrons. The highest BCUT2D eigenvalue weighted by Gasteiger charge is 2.06. The number of likely N-dealkylation sites (N-methyl/N-ethyl adjacent to an activating group) is 1. The van der Waals surface area contributed by atoms with E-state index in [1.807, 2.05) is 19.0 Å². The van der Waals surface area contributed by atoms with E-state index in [9.17, 15) is 13.2 Å². The summed E-state index contributed by atoms with van der Waals surface area (Å²) < 4.78 is 34.4. The Labute approximate surface area is 108 Å². The molecule has 7 heteroatoms. The van der Waals surface area contributed by atoms with E-state index in [1.54, 1.807) is 13.0 Å². The molecule has 6 nitrogen and oxygen atoms in total. The second-order valence-electron chi connectivity index (χ2n) is 4.25. The Morgan fingerprint density at radius 3 is 2.50 bits per heavy atom. The first-order valence-electron chi connectivity index (χ1n) is 5.66. The van der Waals surface area contributed by atoms with Crippen molar-refractivity contribution in [3.8, 4) is 0 Å². The average Bonchev–Trinajstić information content (AvgIpc) is 2.22. The summed E-state index contributed by atoms with van der Waals surface area (Å²) in [7, 11) is -0.155. The highest BCUT2D eigenvalue weighted by molar-refractivity contribution is 7.85. The Balaban J connectivity index is 3.91. The fourth-order valence-electron chi connectivity index (χ4n) is 1.10. The number of ether oxygens (including phenoxy) is 1. The lowest BCUT2D eigenvalue weighted by atomic mass is 10.2. The van der Waals surface area contributed by atoms with Crippen molar-refractivity contribution in [2.24, 2.45) is 0 Å². The molecule has 0 aliphatic rings. The minimum Gasteiger partial charge on any atom is -0.461 e. The predicted molar refractivity (Wildman–Crippen MR) is 68.9 cm³/mol. The topological polar surface area (TPSA) is 83.9 Å². The Morgan fingerprint density at radius 2 is 2.00 bits per heavy atom. The molecule has 0 rings (SSSR count). The van der Waals surface area contributed by atoms with Gasteiger partial charge in [-0.15, -0.1) is 0 Å². The Kier molecular flexibility index (Phi) is 7.81. The minimum atomic E-state index is -3.92. The molecule has 0 saturated heterocycles. The lowest BCUT2D eigenvalue weighted by Crippen LogP contribution is -2.20. The van der Waals surface area contributed by atoms with Gasteiger partial charge >= 0.3 is 5.97 Å². The van der Waals surface area contributed by atoms with Crippen molar-refractivity contribution in [2.75, 3.05) is 33.0 Å². The summed E-state index contributed by atoms with van der Waals surface area (Å²) in [6, 6.07) is 0. The second kappa shape index (κ2) is 8.23. The number of esters is 1. The SMILES string of the molecule is CC(=CCCCS(=O)(=O)O)C(=O)OCCN(C)C. The molecule has 0 radical (unpaired) electrons. The molecule has 18 heavy (non-hydrogen) atoms. The quantitative estimate of drug-likeness (QED) is 0.305. The molecule has 0 heterocycles. The molecule has 0 aliphatic carbocycles. The zero-order valence-electron chi connectivity index (χ0n) is 11.0. The van der Waals surface area contributed by atoms with Gasteiger partial charge in [-0.3, -0.25) is 4.55 Å². The standard InChI is InChI=1S/C11H21NO5S/c1-10(6-4-5-9-18(14,15)16)11(13)17-8-7-12(2)3/h6H,4-5,7-9H2,1-3H3,(H,14,15,16). The van der Waals surface area contributed by atoms with Crippen molar-refractivity contribution < 1.29 is 22.5 Å². The maximum absolute atomic E-state index is 11.4. The van der Waals surface area contributed by atoms with Gasteiger partial charge in [0.1, 0.15) is 6.61 Å². The number of carbonyl (C=O) groups excluding carboxylic acids is 1. The van der Waals surface area contributed by atoms with Crippen LogP contribution in [0.15, 0.2) is 11.6 Å². The first-order valence-corrected chi connectivity index (χ1v) is 7.27. The number of hydrogen-bond donors (Lipinski definition) is 1. The number of nitrogens with zero attached hydrogens (tertiary/aromatic N) is 1. The lowest BCUT2D eigenvalue weighted by Gasteiger charge is -2.09. The third-order valence-electron chi connectivity index (χ3n) is 2.15. The molecule has 0 spiro atoms. The van der Waals surface area contributed by atoms with Crippen LogP contribution in [0.5, 0.6) is 0 Å². The molecular formula is C11H21NO5S. The Bertz CT molecular complexity index is 386. The van der Waals surface area contributed by atoms with Crippen LogP contribution < -0.4 is 0 Å². The first-order chi connectivity index (χ1) is 8.22. The summed E-state index contributed by atoms with van der Waals surface area (Å²) in [6.45, 7) is 2.59. The van der Waals surface area contributed by atoms with Gasteiger partial charge in [-0.1, -0.05) is 6.08 Å². The van der Waals surface area contributed by atoms with Crippen LogP contribution in [0.2, 0.25) is 0 Å². The van der Waals surface area contributed by atoms with Gasteiger partial charge in [-0.2, -0.15) is 8.42 Å². The van der Waals surface area contributed by atoms with Crippen molar-refractivity contribution in [3.63, 3.8) is 0 Å². The maximum atomic E-state index is 11.4. The van der Waals surface area contributed by atoms with Crippen molar-refractivity contribution in [2.45, 2.75) is 19.8 Å². The molecule has 1 N–H and O–H groups in total. The molecule has 0 aromatic carbocycles. The maximum Gasteiger partial charge on any atom is 0.333 e. The van der Waals surface area contributed by atoms with Crippen LogP contribution >= 0.6 is 0 Å². The van der Waals surface area contributed by atoms with E-state index in [2.05, 4.69) is 0 Å². The van der Waals surface area contributed by atoms with Crippen LogP contribution in [0.4, 0.5) is 0 Å². The van der Waals surface area contributed by atoms with Crippen molar-refractivity contribution in [3.05, 3.63) is 11.6 Å². The summed E-state index contributed by atoms with van der Waals surface area (Å²) in [5.74, 6) is -0.698. The van der Waals surface area contributed by atoms with Gasteiger partial charge in [0.2, 0.25) is 0 Å². The summed E-state index contributed by atoms with van der Waals surface area (Å²) >= 11 is 0. The molecule has 0 aromatic rings. The number of unbranched alkanes of at least 4 members (excludes halogenated alkanes) is 1. The van der Waals surface area contributed by atoms with Crippen LogP contribution in [0, 0.1) is 0 Å². The molecule has 0 bridgehead atoms. The summed E-state index contributed by atoms with van der Waals surface area (Å²) in [4.78, 5) is 13.3. The zero-order chi connectivity index (χ0) is 14.2. The normalized spacial score (nSPS) is 12.8. The van der Waals surface area contributed by atoms with E-state index in [0.717, 1.165) is 0 Å². The minimum absolute atomic E-state index is 0.279. The summed E-state index contributed by atoms with van der Waals surface area (Å²) in [6.07, 6.45) is 2.30. The van der Waals surface area contributed by atoms with E-state index in [1.165, 1.54) is 0 Å². The number of hydrogen-bond acceptors (Lipinski definition) is 5. The molecule has 0 aliphatic heterocycles. The number of allylic oxidation sites excluding steroid dienone is 1. The van der Waals surface area contributed by atoms with Crippen LogP contribution in [0.1, 0.15) is 19.8 Å². The van der Waals surface area contributed by atoms with Gasteiger partial charge in [0.25, 0.3) is 10.1 Å². The Morgan fingerprint density at radius 1 is 1.39 bits per heavy atom. The van der Waals surface area contributed by atoms with Crippen molar-refractivity contribution in [1.82, 2.24) is 4.90 Å². The molecule has 0 fully saturated rings. The third kappa shape index (κ3) is 10.2. The summed E-state index contributed by atoms with van der Waals surface area (Å²) in [5, 5.41) is 0. The lowest BCUT2D eigenvalue weighted by molar-refractivity contribution is -0.139. The highest BCUT2D eigenvalue weighted by Crippen LogP contribution is 2.02. The van der Waals surface area contributed by atoms with Gasteiger partial charge in [-0.05, 0) is 33.9 Å². The summed E-state index contributed by atoms with van der Waals surface area (Å²) in [5.41, 5.74) is 0.448. The van der Waals surface area contributed by atoms with Crippen molar-refractivity contribution >= 4 is 16.1 Å². The zero-order valence-corrected chi connectivity index (χ0v) is 11.9. The molecular weight excluding hydrogens is 258 g/mol. The van der Waals surface area contributed by atoms with Crippen molar-refractivity contribution in [1.29, 1.82) is 0 Å². The average molecular weight is 279 g/mol. The van der Waals surface area contributed by atoms with Gasteiger partial charge in [0.05, 0.1) is 5.75 Å². The monoisotopic (exact) mass is 279 g/mol. The third-order valence-corrected chi connectivity index (χ3v) is 2.96. The van der Waals surface area contributed by atoms with Gasteiger partial charge < -0.3 is 9.64 Å². The van der Waals surface area contributed by atoms with Gasteiger partial charge in [0.15, 0.2) is 0 Å². The van der Waals surface area contributed by atoms with Crippen LogP contribution in [0.25, 0.3) is 0 Å². The smallest absolute Gasteiger partial charge is 0.333 e. The highest BCUT2D eigenvalue weighted by atomic mass is 32.2. The Hall–Kier alpha value is -0.920. The number of rotatable bonds is 8. The van der Waals surface area contributed by atoms with Crippen LogP contribution in [0.3, 0.4) is 0 Å². The largest absolute Gasteiger partial charge is 0.461 e. The molecule has 0 aromatic heterocycles. The van der Waals surface area contributed by atoms with Gasteiger partial charge in [-0.25, -0.2) is 4.79 Å². The first kappa shape index (κ1) is 17.1. The van der Waals surface area contributed by atoms with E-state index in [-0.39, 0.29) is 12.2 Å². The van der Waals surface area contributed by atoms with Gasteiger partial charge in [0, 0.05) is 12.1 Å². The van der Waals surface area contributed by atoms with E-state index in [4.69, 9.17) is 9.29 Å². The fourth-order valence-corrected chi connectivity index (χ4v) is 1.63. The number of carbonyl (C=O) groups is 1. The van der Waals surface area contributed by atoms with E-state index in [0.29, 0.717) is 25.1 Å². The molecule has 0 unspecified atom stereocenters. The van der Waals surface area contributed by atoms with E-state index < -0.39 is 16.1 Å². The predicted octanol–water partition coefficient (Wildman–Crippen LogP) is 0.706. The molecule has 0 atom stereocenters. The second-order valence-corrected chi connectivity index (χ2v) is 5.83.